The number of carbonyl (C=O) groups is 2. The van der Waals surface area contributed by atoms with Crippen molar-refractivity contribution in [2.24, 2.45) is 0 Å². The van der Waals surface area contributed by atoms with Gasteiger partial charge in [0.1, 0.15) is 17.4 Å². The summed E-state index contributed by atoms with van der Waals surface area (Å²) in [7, 11) is 0. The van der Waals surface area contributed by atoms with Gasteiger partial charge in [0.25, 0.3) is 11.8 Å². The summed E-state index contributed by atoms with van der Waals surface area (Å²) >= 11 is 0. The molecular formula is C22H23N3O3. The molecule has 0 fully saturated rings. The Bertz CT molecular complexity index is 912. The van der Waals surface area contributed by atoms with E-state index in [1.54, 1.807) is 24.3 Å². The van der Waals surface area contributed by atoms with Crippen molar-refractivity contribution in [1.82, 2.24) is 10.9 Å². The van der Waals surface area contributed by atoms with Crippen molar-refractivity contribution < 1.29 is 14.3 Å². The molecule has 0 spiro atoms. The first-order chi connectivity index (χ1) is 13.4. The van der Waals surface area contributed by atoms with Crippen LogP contribution in [0.25, 0.3) is 6.08 Å². The number of nitrogens with zero attached hydrogens (tertiary/aromatic N) is 1. The van der Waals surface area contributed by atoms with Gasteiger partial charge in [-0.2, -0.15) is 5.26 Å². The molecule has 6 nitrogen and oxygen atoms in total. The molecule has 6 heteroatoms. The summed E-state index contributed by atoms with van der Waals surface area (Å²) in [6.07, 6.45) is 1.44. The quantitative estimate of drug-likeness (QED) is 0.459. The monoisotopic (exact) mass is 377 g/mol. The van der Waals surface area contributed by atoms with Gasteiger partial charge in [-0.1, -0.05) is 56.3 Å². The maximum absolute atomic E-state index is 12.1. The zero-order chi connectivity index (χ0) is 20.5. The van der Waals surface area contributed by atoms with Gasteiger partial charge in [0, 0.05) is 0 Å². The average Bonchev–Trinajstić information content (AvgIpc) is 2.69. The van der Waals surface area contributed by atoms with Gasteiger partial charge in [-0.15, -0.1) is 0 Å². The highest BCUT2D eigenvalue weighted by molar-refractivity contribution is 6.02. The molecule has 0 heterocycles. The molecule has 2 amide bonds. The second-order valence-corrected chi connectivity index (χ2v) is 6.57. The Morgan fingerprint density at radius 1 is 1.14 bits per heavy atom. The fraction of sp³-hybridized carbons (Fsp3) is 0.227. The molecule has 0 aliphatic heterocycles. The SMILES string of the molecule is Cc1ccc(C(C)C)c(OCC(=O)NNC(=O)/C(C#N)=C\c2ccccc2)c1. The topological polar surface area (TPSA) is 91.2 Å². The van der Waals surface area contributed by atoms with Crippen LogP contribution in [0.1, 0.15) is 36.5 Å². The van der Waals surface area contributed by atoms with Crippen LogP contribution in [0.15, 0.2) is 54.1 Å². The van der Waals surface area contributed by atoms with Crippen molar-refractivity contribution in [1.29, 1.82) is 5.26 Å². The molecule has 0 aliphatic carbocycles. The number of amides is 2. The maximum atomic E-state index is 12.1. The van der Waals surface area contributed by atoms with Crippen molar-refractivity contribution in [3.05, 3.63) is 70.8 Å². The highest BCUT2D eigenvalue weighted by Gasteiger charge is 2.13. The van der Waals surface area contributed by atoms with Gasteiger partial charge < -0.3 is 4.74 Å². The summed E-state index contributed by atoms with van der Waals surface area (Å²) < 4.78 is 5.61. The number of hydrogen-bond acceptors (Lipinski definition) is 4. The van der Waals surface area contributed by atoms with Gasteiger partial charge in [-0.3, -0.25) is 20.4 Å². The highest BCUT2D eigenvalue weighted by atomic mass is 16.5. The van der Waals surface area contributed by atoms with Crippen molar-refractivity contribution >= 4 is 17.9 Å². The standard InChI is InChI=1S/C22H23N3O3/c1-15(2)19-10-9-16(3)11-20(19)28-14-21(26)24-25-22(27)18(13-23)12-17-7-5-4-6-8-17/h4-12,15H,14H2,1-3H3,(H,24,26)(H,25,27)/b18-12-. The second-order valence-electron chi connectivity index (χ2n) is 6.57. The summed E-state index contributed by atoms with van der Waals surface area (Å²) in [5.74, 6) is -0.336. The molecule has 2 rings (SSSR count). The summed E-state index contributed by atoms with van der Waals surface area (Å²) in [4.78, 5) is 24.1. The maximum Gasteiger partial charge on any atom is 0.280 e. The Labute approximate surface area is 164 Å². The largest absolute Gasteiger partial charge is 0.483 e. The van der Waals surface area contributed by atoms with Gasteiger partial charge >= 0.3 is 0 Å². The van der Waals surface area contributed by atoms with Crippen LogP contribution in [-0.2, 0) is 9.59 Å². The van der Waals surface area contributed by atoms with Crippen LogP contribution in [0.2, 0.25) is 0 Å². The van der Waals surface area contributed by atoms with Crippen molar-refractivity contribution in [3.63, 3.8) is 0 Å². The molecule has 2 aromatic carbocycles. The first-order valence-electron chi connectivity index (χ1n) is 8.90. The van der Waals surface area contributed by atoms with Gasteiger partial charge in [-0.25, -0.2) is 0 Å². The van der Waals surface area contributed by atoms with Crippen LogP contribution < -0.4 is 15.6 Å². The predicted molar refractivity (Wildman–Crippen MR) is 107 cm³/mol. The van der Waals surface area contributed by atoms with Crippen LogP contribution in [0, 0.1) is 18.3 Å². The number of carbonyl (C=O) groups excluding carboxylic acids is 2. The van der Waals surface area contributed by atoms with E-state index in [1.807, 2.05) is 51.1 Å². The van der Waals surface area contributed by atoms with E-state index in [1.165, 1.54) is 6.08 Å². The smallest absolute Gasteiger partial charge is 0.280 e. The van der Waals surface area contributed by atoms with Gasteiger partial charge in [0.05, 0.1) is 0 Å². The minimum Gasteiger partial charge on any atom is -0.483 e. The molecular weight excluding hydrogens is 354 g/mol. The lowest BCUT2D eigenvalue weighted by Gasteiger charge is -2.15. The third-order valence-electron chi connectivity index (χ3n) is 3.94. The Morgan fingerprint density at radius 3 is 2.50 bits per heavy atom. The number of hydrazine groups is 1. The molecule has 0 aliphatic rings. The number of ether oxygens (including phenoxy) is 1. The van der Waals surface area contributed by atoms with E-state index in [-0.39, 0.29) is 18.1 Å². The minimum absolute atomic E-state index is 0.117. The lowest BCUT2D eigenvalue weighted by atomic mass is 10.0. The Kier molecular flexibility index (Phi) is 7.35. The number of nitriles is 1. The third-order valence-corrected chi connectivity index (χ3v) is 3.94. The zero-order valence-corrected chi connectivity index (χ0v) is 16.2. The fourth-order valence-electron chi connectivity index (χ4n) is 2.48. The zero-order valence-electron chi connectivity index (χ0n) is 16.2. The van der Waals surface area contributed by atoms with Crippen LogP contribution in [-0.4, -0.2) is 18.4 Å². The average molecular weight is 377 g/mol. The number of benzene rings is 2. The van der Waals surface area contributed by atoms with Gasteiger partial charge in [-0.05, 0) is 41.7 Å². The molecule has 0 aromatic heterocycles. The lowest BCUT2D eigenvalue weighted by molar-refractivity contribution is -0.128. The molecule has 0 atom stereocenters. The van der Waals surface area contributed by atoms with Gasteiger partial charge in [0.2, 0.25) is 0 Å². The Morgan fingerprint density at radius 2 is 1.86 bits per heavy atom. The van der Waals surface area contributed by atoms with E-state index in [2.05, 4.69) is 10.9 Å². The number of aryl methyl sites for hydroxylation is 1. The van der Waals surface area contributed by atoms with E-state index in [4.69, 9.17) is 10.00 Å². The van der Waals surface area contributed by atoms with Crippen LogP contribution in [0.3, 0.4) is 0 Å². The number of rotatable bonds is 6. The molecule has 0 saturated heterocycles. The van der Waals surface area contributed by atoms with Crippen LogP contribution in [0.4, 0.5) is 0 Å². The predicted octanol–water partition coefficient (Wildman–Crippen LogP) is 3.25. The molecule has 0 saturated carbocycles. The first kappa shape index (κ1) is 20.7. The molecule has 0 unspecified atom stereocenters. The highest BCUT2D eigenvalue weighted by Crippen LogP contribution is 2.27. The van der Waals surface area contributed by atoms with E-state index in [0.29, 0.717) is 11.3 Å². The minimum atomic E-state index is -0.696. The summed E-state index contributed by atoms with van der Waals surface area (Å²) in [6.45, 7) is 5.77. The summed E-state index contributed by atoms with van der Waals surface area (Å²) in [6, 6.07) is 16.6. The molecule has 2 N–H and O–H groups in total. The van der Waals surface area contributed by atoms with Crippen molar-refractivity contribution in [3.8, 4) is 11.8 Å². The lowest BCUT2D eigenvalue weighted by Crippen LogP contribution is -2.44. The number of hydrogen-bond donors (Lipinski definition) is 2. The molecule has 144 valence electrons. The van der Waals surface area contributed by atoms with Gasteiger partial charge in [0.15, 0.2) is 6.61 Å². The van der Waals surface area contributed by atoms with Crippen LogP contribution >= 0.6 is 0 Å². The number of nitrogens with one attached hydrogen (secondary N) is 2. The second kappa shape index (κ2) is 9.93. The fourth-order valence-corrected chi connectivity index (χ4v) is 2.48. The van der Waals surface area contributed by atoms with Crippen molar-refractivity contribution in [2.45, 2.75) is 26.7 Å². The molecule has 0 radical (unpaired) electrons. The Hall–Kier alpha value is -3.59. The van der Waals surface area contributed by atoms with E-state index >= 15 is 0 Å². The first-order valence-corrected chi connectivity index (χ1v) is 8.90. The molecule has 28 heavy (non-hydrogen) atoms. The van der Waals surface area contributed by atoms with Crippen molar-refractivity contribution in [2.75, 3.05) is 6.61 Å². The van der Waals surface area contributed by atoms with Crippen LogP contribution in [0.5, 0.6) is 5.75 Å². The summed E-state index contributed by atoms with van der Waals surface area (Å²) in [5, 5.41) is 9.17. The normalized spacial score (nSPS) is 10.9. The Balaban J connectivity index is 1.92. The van der Waals surface area contributed by atoms with E-state index in [0.717, 1.165) is 11.1 Å². The van der Waals surface area contributed by atoms with E-state index in [9.17, 15) is 9.59 Å². The summed E-state index contributed by atoms with van der Waals surface area (Å²) in [5.41, 5.74) is 7.11. The van der Waals surface area contributed by atoms with E-state index < -0.39 is 11.8 Å². The third kappa shape index (κ3) is 5.99. The molecule has 0 bridgehead atoms. The molecule has 2 aromatic rings.